The molecule has 0 spiro atoms. The summed E-state index contributed by atoms with van der Waals surface area (Å²) in [7, 11) is -1.58. The quantitative estimate of drug-likeness (QED) is 0.165. The van der Waals surface area contributed by atoms with Crippen LogP contribution in [-0.4, -0.2) is 32.5 Å². The molecular weight excluding hydrogens is 661 g/mol. The van der Waals surface area contributed by atoms with Gasteiger partial charge in [-0.05, 0) is 201 Å². The molecular formula is C50H92O2Si. The van der Waals surface area contributed by atoms with Crippen molar-refractivity contribution in [1.82, 2.24) is 0 Å². The van der Waals surface area contributed by atoms with E-state index in [4.69, 9.17) is 9.47 Å². The Kier molecular flexibility index (Phi) is 14.8. The number of hydrogen-bond donors (Lipinski definition) is 0. The lowest BCUT2D eigenvalue weighted by Gasteiger charge is -2.53. The molecule has 2 nitrogen and oxygen atoms in total. The predicted octanol–water partition coefficient (Wildman–Crippen LogP) is 15.2. The second-order valence-electron chi connectivity index (χ2n) is 23.2. The molecule has 6 aliphatic carbocycles. The monoisotopic (exact) mass is 753 g/mol. The molecule has 6 aliphatic rings. The summed E-state index contributed by atoms with van der Waals surface area (Å²) in [5.74, 6) is 11.9. The zero-order chi connectivity index (χ0) is 38.0. The van der Waals surface area contributed by atoms with Crippen molar-refractivity contribution in [2.24, 2.45) is 71.0 Å². The molecule has 6 saturated carbocycles. The zero-order valence-electron chi connectivity index (χ0n) is 37.4. The minimum atomic E-state index is -1.58. The second kappa shape index (κ2) is 18.4. The number of fused-ring (bicyclic) bond motifs is 2. The largest absolute Gasteiger partial charge is 0.376 e. The Bertz CT molecular complexity index is 1000. The molecule has 6 rings (SSSR count). The van der Waals surface area contributed by atoms with Gasteiger partial charge in [-0.15, -0.1) is 0 Å². The fraction of sp³-hybridized carbons (Fsp3) is 1.00. The molecule has 0 saturated heterocycles. The lowest BCUT2D eigenvalue weighted by molar-refractivity contribution is -0.0343. The molecule has 0 heterocycles. The van der Waals surface area contributed by atoms with Gasteiger partial charge < -0.3 is 9.47 Å². The Hall–Kier alpha value is 0.137. The highest BCUT2D eigenvalue weighted by Gasteiger charge is 2.63. The molecule has 6 fully saturated rings. The maximum atomic E-state index is 6.31. The van der Waals surface area contributed by atoms with Crippen LogP contribution in [-0.2, 0) is 9.47 Å². The second-order valence-corrected chi connectivity index (χ2v) is 28.0. The molecule has 10 atom stereocenters. The Labute approximate surface area is 332 Å². The molecule has 3 heteroatoms. The lowest BCUT2D eigenvalue weighted by Crippen LogP contribution is -2.52. The van der Waals surface area contributed by atoms with Crippen LogP contribution in [0.2, 0.25) is 23.2 Å². The fourth-order valence-corrected chi connectivity index (χ4v) is 24.9. The Morgan fingerprint density at radius 1 is 0.472 bits per heavy atom. The third-order valence-electron chi connectivity index (χ3n) is 17.6. The van der Waals surface area contributed by atoms with Crippen LogP contribution in [0.4, 0.5) is 0 Å². The third kappa shape index (κ3) is 10.1. The van der Waals surface area contributed by atoms with Crippen LogP contribution in [0, 0.1) is 71.0 Å². The van der Waals surface area contributed by atoms with Gasteiger partial charge in [0.05, 0.1) is 32.5 Å². The molecule has 0 radical (unpaired) electrons. The average molecular weight is 753 g/mol. The fourth-order valence-electron chi connectivity index (χ4n) is 15.7. The van der Waals surface area contributed by atoms with E-state index in [1.54, 1.807) is 63.5 Å². The first-order valence-corrected chi connectivity index (χ1v) is 27.1. The van der Waals surface area contributed by atoms with Gasteiger partial charge in [0, 0.05) is 0 Å². The van der Waals surface area contributed by atoms with Crippen LogP contribution in [0.1, 0.15) is 198 Å². The normalized spacial score (nSPS) is 41.3. The average Bonchev–Trinajstić information content (AvgIpc) is 3.66. The molecule has 53 heavy (non-hydrogen) atoms. The Morgan fingerprint density at radius 2 is 0.830 bits per heavy atom. The van der Waals surface area contributed by atoms with Gasteiger partial charge in [0.1, 0.15) is 0 Å². The molecule has 0 bridgehead atoms. The zero-order valence-corrected chi connectivity index (χ0v) is 38.4. The molecule has 0 amide bonds. The summed E-state index contributed by atoms with van der Waals surface area (Å²) >= 11 is 0. The Balaban J connectivity index is 1.20. The maximum Gasteiger partial charge on any atom is 0.0609 e. The van der Waals surface area contributed by atoms with Crippen LogP contribution in [0.25, 0.3) is 0 Å². The van der Waals surface area contributed by atoms with Gasteiger partial charge >= 0.3 is 0 Å². The summed E-state index contributed by atoms with van der Waals surface area (Å²) in [6.45, 7) is 26.1. The topological polar surface area (TPSA) is 18.5 Å². The van der Waals surface area contributed by atoms with Crippen molar-refractivity contribution in [3.05, 3.63) is 0 Å². The van der Waals surface area contributed by atoms with Crippen LogP contribution >= 0.6 is 0 Å². The number of rotatable bonds is 14. The number of unbranched alkanes of at least 4 members (excludes halogenated alkanes) is 2. The van der Waals surface area contributed by atoms with E-state index >= 15 is 0 Å². The van der Waals surface area contributed by atoms with Crippen molar-refractivity contribution in [2.45, 2.75) is 232 Å². The lowest BCUT2D eigenvalue weighted by atomic mass is 9.64. The summed E-state index contributed by atoms with van der Waals surface area (Å²) in [6.07, 6.45) is 30.2. The number of ether oxygens (including phenoxy) is 2. The minimum absolute atomic E-state index is 0.00481. The van der Waals surface area contributed by atoms with Crippen molar-refractivity contribution in [3.63, 3.8) is 0 Å². The molecule has 308 valence electrons. The summed E-state index contributed by atoms with van der Waals surface area (Å²) in [5, 5.41) is 0. The van der Waals surface area contributed by atoms with E-state index in [1.807, 2.05) is 0 Å². The third-order valence-corrected chi connectivity index (χ3v) is 24.8. The van der Waals surface area contributed by atoms with E-state index in [-0.39, 0.29) is 11.2 Å². The minimum Gasteiger partial charge on any atom is -0.376 e. The molecule has 0 aromatic rings. The van der Waals surface area contributed by atoms with Crippen molar-refractivity contribution in [1.29, 1.82) is 0 Å². The van der Waals surface area contributed by atoms with Crippen LogP contribution in [0.15, 0.2) is 0 Å². The van der Waals surface area contributed by atoms with Crippen LogP contribution in [0.5, 0.6) is 0 Å². The molecule has 0 aliphatic heterocycles. The van der Waals surface area contributed by atoms with Crippen molar-refractivity contribution >= 4 is 8.07 Å². The summed E-state index contributed by atoms with van der Waals surface area (Å²) in [6, 6.07) is 3.38. The van der Waals surface area contributed by atoms with E-state index < -0.39 is 8.07 Å². The number of hydrogen-bond acceptors (Lipinski definition) is 2. The van der Waals surface area contributed by atoms with Gasteiger partial charge in [-0.1, -0.05) is 91.1 Å². The van der Waals surface area contributed by atoms with Crippen molar-refractivity contribution < 1.29 is 9.47 Å². The van der Waals surface area contributed by atoms with E-state index in [1.165, 1.54) is 77.0 Å². The summed E-state index contributed by atoms with van der Waals surface area (Å²) < 4.78 is 12.6. The predicted molar refractivity (Wildman–Crippen MR) is 231 cm³/mol. The first-order chi connectivity index (χ1) is 25.2. The van der Waals surface area contributed by atoms with E-state index in [9.17, 15) is 0 Å². The van der Waals surface area contributed by atoms with Crippen LogP contribution in [0.3, 0.4) is 0 Å². The smallest absolute Gasteiger partial charge is 0.0609 e. The molecule has 0 aromatic heterocycles. The summed E-state index contributed by atoms with van der Waals surface area (Å²) in [4.78, 5) is 0. The first kappa shape index (κ1) is 42.7. The van der Waals surface area contributed by atoms with E-state index in [0.717, 1.165) is 95.3 Å². The van der Waals surface area contributed by atoms with Gasteiger partial charge in [0.15, 0.2) is 0 Å². The van der Waals surface area contributed by atoms with Gasteiger partial charge in [-0.2, -0.15) is 0 Å². The first-order valence-electron chi connectivity index (χ1n) is 24.5. The highest BCUT2D eigenvalue weighted by molar-refractivity contribution is 6.83. The van der Waals surface area contributed by atoms with Crippen molar-refractivity contribution in [3.8, 4) is 0 Å². The molecule has 10 unspecified atom stereocenters. The van der Waals surface area contributed by atoms with E-state index in [2.05, 4.69) is 69.2 Å². The van der Waals surface area contributed by atoms with Gasteiger partial charge in [0.2, 0.25) is 0 Å². The highest BCUT2D eigenvalue weighted by atomic mass is 28.3. The maximum absolute atomic E-state index is 6.31. The Morgan fingerprint density at radius 3 is 1.17 bits per heavy atom. The van der Waals surface area contributed by atoms with Gasteiger partial charge in [-0.25, -0.2) is 0 Å². The standard InChI is InChI=1S/C50H92O2Si/c1-11-13-29-53(30-14-12-2,47-35(3)31-45-41(17-15-19-43(45)47)39-25-21-37(22-26-39)33-51-49(5,6)7)48-36(4)32-46-42(18-16-20-44(46)48)40-27-23-38(24-28-40)34-52-50(8,9)10/h35-48H,11-34H2,1-10H3. The molecule has 0 N–H and O–H groups in total. The van der Waals surface area contributed by atoms with Crippen molar-refractivity contribution in [2.75, 3.05) is 13.2 Å². The summed E-state index contributed by atoms with van der Waals surface area (Å²) in [5.41, 5.74) is 2.25. The van der Waals surface area contributed by atoms with Gasteiger partial charge in [-0.3, -0.25) is 0 Å². The van der Waals surface area contributed by atoms with E-state index in [0.29, 0.717) is 0 Å². The SMILES string of the molecule is CCCC[Si](CCCC)(C1C(C)CC2C(C3CCC(COC(C)(C)C)CC3)CCCC21)C1C(C)CC2C(C3CCC(COC(C)(C)C)CC3)CCCC21. The highest BCUT2D eigenvalue weighted by Crippen LogP contribution is 2.69. The van der Waals surface area contributed by atoms with Crippen LogP contribution < -0.4 is 0 Å². The molecule has 0 aromatic carbocycles. The van der Waals surface area contributed by atoms with Gasteiger partial charge in [0.25, 0.3) is 0 Å².